The van der Waals surface area contributed by atoms with E-state index < -0.39 is 0 Å². The maximum atomic E-state index is 12.2. The van der Waals surface area contributed by atoms with Crippen molar-refractivity contribution >= 4 is 6.03 Å². The molecule has 6 heteroatoms. The van der Waals surface area contributed by atoms with Crippen LogP contribution in [-0.4, -0.2) is 20.8 Å². The number of nitrogens with one attached hydrogen (secondary N) is 2. The minimum Gasteiger partial charge on any atom is -0.334 e. The van der Waals surface area contributed by atoms with Gasteiger partial charge in [0.15, 0.2) is 0 Å². The number of carbonyl (C=O) groups excluding carboxylic acids is 1. The van der Waals surface area contributed by atoms with E-state index in [0.717, 1.165) is 23.1 Å². The van der Waals surface area contributed by atoms with Crippen molar-refractivity contribution in [1.29, 1.82) is 0 Å². The molecule has 1 heterocycles. The number of hydrogen-bond acceptors (Lipinski definition) is 3. The largest absolute Gasteiger partial charge is 0.334 e. The molecule has 27 heavy (non-hydrogen) atoms. The van der Waals surface area contributed by atoms with Crippen molar-refractivity contribution in [2.24, 2.45) is 0 Å². The maximum Gasteiger partial charge on any atom is 0.315 e. The third-order valence-electron chi connectivity index (χ3n) is 4.52. The molecule has 0 saturated carbocycles. The third-order valence-corrected chi connectivity index (χ3v) is 4.52. The summed E-state index contributed by atoms with van der Waals surface area (Å²) in [6.07, 6.45) is 4.23. The zero-order chi connectivity index (χ0) is 19.1. The second kappa shape index (κ2) is 8.98. The average Bonchev–Trinajstić information content (AvgIpc) is 3.20. The van der Waals surface area contributed by atoms with E-state index >= 15 is 0 Å². The summed E-state index contributed by atoms with van der Waals surface area (Å²) in [7, 11) is 0. The van der Waals surface area contributed by atoms with Crippen LogP contribution in [0.5, 0.6) is 0 Å². The molecule has 0 aliphatic carbocycles. The van der Waals surface area contributed by atoms with Gasteiger partial charge in [-0.15, -0.1) is 0 Å². The van der Waals surface area contributed by atoms with Crippen LogP contribution in [0.15, 0.2) is 61.2 Å². The van der Waals surface area contributed by atoms with Crippen LogP contribution in [-0.2, 0) is 19.5 Å². The van der Waals surface area contributed by atoms with Crippen molar-refractivity contribution in [2.45, 2.75) is 39.4 Å². The lowest BCUT2D eigenvalue weighted by molar-refractivity contribution is 0.237. The summed E-state index contributed by atoms with van der Waals surface area (Å²) in [5.74, 6) is 0. The third kappa shape index (κ3) is 5.41. The van der Waals surface area contributed by atoms with Crippen molar-refractivity contribution in [2.75, 3.05) is 0 Å². The van der Waals surface area contributed by atoms with E-state index in [1.807, 2.05) is 31.2 Å². The SMILES string of the molecule is CCc1ccc(C(C)NC(=O)NCc2ccc(Cn3cncn3)cc2)cc1. The molecule has 3 aromatic rings. The molecule has 0 fully saturated rings. The fourth-order valence-corrected chi connectivity index (χ4v) is 2.82. The van der Waals surface area contributed by atoms with E-state index in [1.165, 1.54) is 11.9 Å². The van der Waals surface area contributed by atoms with Crippen molar-refractivity contribution in [3.63, 3.8) is 0 Å². The van der Waals surface area contributed by atoms with Gasteiger partial charge >= 0.3 is 6.03 Å². The van der Waals surface area contributed by atoms with E-state index in [4.69, 9.17) is 0 Å². The Hall–Kier alpha value is -3.15. The number of hydrogen-bond donors (Lipinski definition) is 2. The van der Waals surface area contributed by atoms with Gasteiger partial charge in [0.25, 0.3) is 0 Å². The zero-order valence-corrected chi connectivity index (χ0v) is 15.7. The molecule has 1 aromatic heterocycles. The number of aryl methyl sites for hydroxylation is 1. The number of amides is 2. The first-order valence-electron chi connectivity index (χ1n) is 9.17. The summed E-state index contributed by atoms with van der Waals surface area (Å²) < 4.78 is 1.77. The van der Waals surface area contributed by atoms with Crippen molar-refractivity contribution < 1.29 is 4.79 Å². The lowest BCUT2D eigenvalue weighted by Gasteiger charge is -2.15. The average molecular weight is 363 g/mol. The lowest BCUT2D eigenvalue weighted by Crippen LogP contribution is -2.36. The summed E-state index contributed by atoms with van der Waals surface area (Å²) >= 11 is 0. The van der Waals surface area contributed by atoms with Crippen LogP contribution in [0.2, 0.25) is 0 Å². The summed E-state index contributed by atoms with van der Waals surface area (Å²) in [5.41, 5.74) is 4.58. The Morgan fingerprint density at radius 1 is 1.04 bits per heavy atom. The Morgan fingerprint density at radius 3 is 2.33 bits per heavy atom. The van der Waals surface area contributed by atoms with Crippen LogP contribution in [0.3, 0.4) is 0 Å². The highest BCUT2D eigenvalue weighted by atomic mass is 16.2. The minimum absolute atomic E-state index is 0.0408. The molecule has 0 saturated heterocycles. The van der Waals surface area contributed by atoms with Gasteiger partial charge in [0.1, 0.15) is 12.7 Å². The molecule has 6 nitrogen and oxygen atoms in total. The van der Waals surface area contributed by atoms with Gasteiger partial charge in [-0.1, -0.05) is 55.5 Å². The normalized spacial score (nSPS) is 11.8. The number of rotatable bonds is 7. The molecule has 2 aromatic carbocycles. The van der Waals surface area contributed by atoms with Crippen LogP contribution in [0.1, 0.15) is 42.1 Å². The van der Waals surface area contributed by atoms with Gasteiger partial charge in [-0.3, -0.25) is 0 Å². The van der Waals surface area contributed by atoms with E-state index in [-0.39, 0.29) is 12.1 Å². The molecule has 140 valence electrons. The second-order valence-corrected chi connectivity index (χ2v) is 6.55. The Morgan fingerprint density at radius 2 is 1.70 bits per heavy atom. The molecular formula is C21H25N5O. The standard InChI is InChI=1S/C21H25N5O/c1-3-17-8-10-20(11-9-17)16(2)25-21(27)23-12-18-4-6-19(7-5-18)13-26-15-22-14-24-26/h4-11,14-16H,3,12-13H2,1-2H3,(H2,23,25,27). The van der Waals surface area contributed by atoms with Gasteiger partial charge in [-0.05, 0) is 35.6 Å². The highest BCUT2D eigenvalue weighted by molar-refractivity contribution is 5.74. The topological polar surface area (TPSA) is 71.8 Å². The number of carbonyl (C=O) groups is 1. The minimum atomic E-state index is -0.172. The van der Waals surface area contributed by atoms with Gasteiger partial charge in [0, 0.05) is 6.54 Å². The molecule has 1 unspecified atom stereocenters. The summed E-state index contributed by atoms with van der Waals surface area (Å²) in [4.78, 5) is 16.1. The first-order valence-corrected chi connectivity index (χ1v) is 9.17. The van der Waals surface area contributed by atoms with Gasteiger partial charge < -0.3 is 10.6 Å². The highest BCUT2D eigenvalue weighted by Crippen LogP contribution is 2.13. The van der Waals surface area contributed by atoms with Crippen LogP contribution >= 0.6 is 0 Å². The molecule has 1 atom stereocenters. The summed E-state index contributed by atoms with van der Waals surface area (Å²) in [6, 6.07) is 16.2. The van der Waals surface area contributed by atoms with E-state index in [9.17, 15) is 4.79 Å². The van der Waals surface area contributed by atoms with Gasteiger partial charge in [-0.2, -0.15) is 5.10 Å². The Bertz CT molecular complexity index is 841. The molecule has 0 aliphatic rings. The molecule has 3 rings (SSSR count). The van der Waals surface area contributed by atoms with Crippen molar-refractivity contribution in [3.8, 4) is 0 Å². The number of aromatic nitrogens is 3. The lowest BCUT2D eigenvalue weighted by atomic mass is 10.1. The second-order valence-electron chi connectivity index (χ2n) is 6.55. The molecule has 2 N–H and O–H groups in total. The predicted octanol–water partition coefficient (Wildman–Crippen LogP) is 3.45. The smallest absolute Gasteiger partial charge is 0.315 e. The first-order chi connectivity index (χ1) is 13.1. The summed E-state index contributed by atoms with van der Waals surface area (Å²) in [5, 5.41) is 9.98. The number of benzene rings is 2. The van der Waals surface area contributed by atoms with Crippen molar-refractivity contribution in [3.05, 3.63) is 83.4 Å². The first kappa shape index (κ1) is 18.6. The van der Waals surface area contributed by atoms with Crippen LogP contribution in [0.25, 0.3) is 0 Å². The summed E-state index contributed by atoms with van der Waals surface area (Å²) in [6.45, 7) is 5.28. The highest BCUT2D eigenvalue weighted by Gasteiger charge is 2.09. The van der Waals surface area contributed by atoms with Gasteiger partial charge in [-0.25, -0.2) is 14.5 Å². The van der Waals surface area contributed by atoms with Gasteiger partial charge in [0.2, 0.25) is 0 Å². The van der Waals surface area contributed by atoms with Crippen LogP contribution in [0.4, 0.5) is 4.79 Å². The molecular weight excluding hydrogens is 338 g/mol. The van der Waals surface area contributed by atoms with Crippen molar-refractivity contribution in [1.82, 2.24) is 25.4 Å². The number of nitrogens with zero attached hydrogens (tertiary/aromatic N) is 3. The zero-order valence-electron chi connectivity index (χ0n) is 15.7. The van der Waals surface area contributed by atoms with Crippen LogP contribution < -0.4 is 10.6 Å². The Kier molecular flexibility index (Phi) is 6.20. The van der Waals surface area contributed by atoms with E-state index in [0.29, 0.717) is 13.1 Å². The molecule has 0 aliphatic heterocycles. The van der Waals surface area contributed by atoms with E-state index in [2.05, 4.69) is 51.9 Å². The molecule has 0 spiro atoms. The van der Waals surface area contributed by atoms with Gasteiger partial charge in [0.05, 0.1) is 12.6 Å². The maximum absolute atomic E-state index is 12.2. The number of urea groups is 1. The molecule has 0 radical (unpaired) electrons. The predicted molar refractivity (Wildman–Crippen MR) is 105 cm³/mol. The van der Waals surface area contributed by atoms with Crippen LogP contribution in [0, 0.1) is 0 Å². The monoisotopic (exact) mass is 363 g/mol. The molecule has 2 amide bonds. The molecule has 0 bridgehead atoms. The quantitative estimate of drug-likeness (QED) is 0.675. The Labute approximate surface area is 159 Å². The Balaban J connectivity index is 1.46. The fourth-order valence-electron chi connectivity index (χ4n) is 2.82. The van der Waals surface area contributed by atoms with E-state index in [1.54, 1.807) is 11.0 Å². The fraction of sp³-hybridized carbons (Fsp3) is 0.286.